The number of nitrogens with two attached hydrogens (primary N) is 1. The van der Waals surface area contributed by atoms with E-state index in [0.717, 1.165) is 6.08 Å². The molecule has 0 radical (unpaired) electrons. The minimum atomic E-state index is -3.83. The quantitative estimate of drug-likeness (QED) is 0.167. The van der Waals surface area contributed by atoms with Gasteiger partial charge in [0, 0.05) is 6.08 Å². The predicted molar refractivity (Wildman–Crippen MR) is 151 cm³/mol. The van der Waals surface area contributed by atoms with E-state index in [0.29, 0.717) is 15.0 Å². The molecule has 0 spiro atoms. The van der Waals surface area contributed by atoms with Crippen LogP contribution in [0.2, 0.25) is 0 Å². The summed E-state index contributed by atoms with van der Waals surface area (Å²) in [4.78, 5) is 24.1. The zero-order valence-electron chi connectivity index (χ0n) is 20.1. The van der Waals surface area contributed by atoms with Crippen molar-refractivity contribution < 1.29 is 41.9 Å². The summed E-state index contributed by atoms with van der Waals surface area (Å²) in [5.41, 5.74) is 6.35. The van der Waals surface area contributed by atoms with Gasteiger partial charge in [0.25, 0.3) is 0 Å². The summed E-state index contributed by atoms with van der Waals surface area (Å²) in [5.74, 6) is -0.847. The van der Waals surface area contributed by atoms with Gasteiger partial charge in [-0.1, -0.05) is 18.2 Å². The molecule has 0 aliphatic carbocycles. The Morgan fingerprint density at radius 1 is 1.32 bits per heavy atom. The first-order valence-corrected chi connectivity index (χ1v) is 21.8. The van der Waals surface area contributed by atoms with Gasteiger partial charge in [-0.05, 0) is 26.0 Å². The molecule has 3 heterocycles. The molecule has 1 aliphatic rings. The SMILES string of the molecule is CCOC(=O)[C@H](C)N[P@@](=O)(COC1C=C(F)[C@H](n2cnc3c(N)ncnc32)O1)Oc1ccccc1.[I][V][I]. The number of rotatable bonds is 10. The summed E-state index contributed by atoms with van der Waals surface area (Å²) in [6.45, 7) is 3.30. The molecule has 0 bridgehead atoms. The molecule has 0 saturated carbocycles. The van der Waals surface area contributed by atoms with Crippen LogP contribution in [0.25, 0.3) is 11.2 Å². The Balaban J connectivity index is 0.00000127. The maximum atomic E-state index is 14.8. The van der Waals surface area contributed by atoms with Crippen LogP contribution in [0.15, 0.2) is 54.9 Å². The van der Waals surface area contributed by atoms with E-state index in [1.807, 2.05) is 0 Å². The first-order valence-electron chi connectivity index (χ1n) is 11.0. The third kappa shape index (κ3) is 8.33. The second kappa shape index (κ2) is 14.9. The normalized spacial score (nSPS) is 19.0. The fourth-order valence-electron chi connectivity index (χ4n) is 3.30. The van der Waals surface area contributed by atoms with Crippen molar-refractivity contribution in [2.75, 3.05) is 18.7 Å². The zero-order chi connectivity index (χ0) is 27.7. The molecule has 12 nitrogen and oxygen atoms in total. The monoisotopic (exact) mass is 811 g/mol. The molecule has 1 aromatic carbocycles. The van der Waals surface area contributed by atoms with Crippen molar-refractivity contribution in [1.82, 2.24) is 24.6 Å². The van der Waals surface area contributed by atoms with E-state index in [2.05, 4.69) is 60.0 Å². The summed E-state index contributed by atoms with van der Waals surface area (Å²) < 4.78 is 51.5. The molecule has 1 unspecified atom stereocenters. The molecular formula is C21H24FI2N6O6PV. The van der Waals surface area contributed by atoms with Gasteiger partial charge in [0.1, 0.15) is 23.6 Å². The number of nitrogens with zero attached hydrogens (tertiary/aromatic N) is 4. The number of carbonyl (C=O) groups excluding carboxylic acids is 1. The van der Waals surface area contributed by atoms with E-state index in [9.17, 15) is 13.8 Å². The maximum absolute atomic E-state index is 14.8. The first kappa shape index (κ1) is 31.2. The van der Waals surface area contributed by atoms with Crippen LogP contribution in [0.4, 0.5) is 10.2 Å². The zero-order valence-corrected chi connectivity index (χ0v) is 26.7. The third-order valence-electron chi connectivity index (χ3n) is 4.87. The standard InChI is InChI=1S/C21H24FN6O6P.2HI.V/c1-3-31-21(29)13(2)27-35(30,34-14-7-5-4-6-8-14)12-32-16-9-15(22)20(33-16)28-11-26-17-18(23)24-10-25-19(17)28;;;/h4-11,13,16,20H,3,12H2,1-2H3,(H,27,30)(H2,23,24,25);2*1H;/q;;;+2/p-2/t13-,16?,20+,35+;;;/m0.../s1. The van der Waals surface area contributed by atoms with E-state index in [1.54, 1.807) is 37.3 Å². The molecule has 3 N–H and O–H groups in total. The van der Waals surface area contributed by atoms with Gasteiger partial charge in [-0.25, -0.2) is 24.4 Å². The Morgan fingerprint density at radius 2 is 2.03 bits per heavy atom. The molecule has 4 atom stereocenters. The van der Waals surface area contributed by atoms with Crippen LogP contribution < -0.4 is 15.3 Å². The summed E-state index contributed by atoms with van der Waals surface area (Å²) in [7, 11) is -3.21. The second-order valence-corrected chi connectivity index (χ2v) is 21.4. The average Bonchev–Trinajstić information content (AvgIpc) is 3.48. The van der Waals surface area contributed by atoms with Crippen molar-refractivity contribution in [2.24, 2.45) is 0 Å². The predicted octanol–water partition coefficient (Wildman–Crippen LogP) is 4.67. The fraction of sp³-hybridized carbons (Fsp3) is 0.333. The number of para-hydroxylation sites is 1. The molecule has 2 aromatic heterocycles. The van der Waals surface area contributed by atoms with Crippen molar-refractivity contribution in [3.8, 4) is 5.75 Å². The summed E-state index contributed by atoms with van der Waals surface area (Å²) in [6.07, 6.45) is 0.676. The van der Waals surface area contributed by atoms with Crippen LogP contribution in [0, 0.1) is 0 Å². The molecule has 38 heavy (non-hydrogen) atoms. The van der Waals surface area contributed by atoms with E-state index in [-0.39, 0.29) is 23.8 Å². The molecular weight excluding hydrogens is 787 g/mol. The van der Waals surface area contributed by atoms with Crippen LogP contribution in [-0.2, 0) is 33.0 Å². The number of anilines is 1. The summed E-state index contributed by atoms with van der Waals surface area (Å²) in [5, 5.41) is 2.65. The number of benzene rings is 1. The van der Waals surface area contributed by atoms with Crippen molar-refractivity contribution in [3.63, 3.8) is 0 Å². The van der Waals surface area contributed by atoms with Gasteiger partial charge < -0.3 is 24.5 Å². The van der Waals surface area contributed by atoms with Gasteiger partial charge in [0.2, 0.25) is 0 Å². The van der Waals surface area contributed by atoms with Gasteiger partial charge in [0.15, 0.2) is 36.2 Å². The van der Waals surface area contributed by atoms with Crippen LogP contribution in [0.3, 0.4) is 0 Å². The van der Waals surface area contributed by atoms with Crippen molar-refractivity contribution in [3.05, 3.63) is 54.9 Å². The Kier molecular flexibility index (Phi) is 12.2. The third-order valence-corrected chi connectivity index (χ3v) is 6.64. The van der Waals surface area contributed by atoms with Gasteiger partial charge in [0.05, 0.1) is 12.9 Å². The molecule has 17 heteroatoms. The molecule has 0 saturated heterocycles. The Labute approximate surface area is 247 Å². The summed E-state index contributed by atoms with van der Waals surface area (Å²) in [6, 6.07) is 7.40. The Hall–Kier alpha value is -1.34. The van der Waals surface area contributed by atoms with Crippen molar-refractivity contribution in [2.45, 2.75) is 32.4 Å². The Morgan fingerprint density at radius 3 is 2.71 bits per heavy atom. The van der Waals surface area contributed by atoms with Crippen LogP contribution in [0.1, 0.15) is 20.1 Å². The molecule has 205 valence electrons. The van der Waals surface area contributed by atoms with Gasteiger partial charge in [-0.3, -0.25) is 13.9 Å². The molecule has 4 rings (SSSR count). The van der Waals surface area contributed by atoms with Crippen LogP contribution in [-0.4, -0.2) is 50.8 Å². The minimum absolute atomic E-state index is 0.143. The fourth-order valence-corrected chi connectivity index (χ4v) is 4.98. The molecule has 1 aliphatic heterocycles. The first-order chi connectivity index (χ1) is 18.2. The molecule has 0 amide bonds. The number of nitrogens with one attached hydrogen (secondary N) is 1. The van der Waals surface area contributed by atoms with Crippen molar-refractivity contribution >= 4 is 70.4 Å². The van der Waals surface area contributed by atoms with Crippen molar-refractivity contribution in [1.29, 1.82) is 0 Å². The number of carbonyl (C=O) groups is 1. The van der Waals surface area contributed by atoms with E-state index in [1.165, 1.54) is 24.1 Å². The number of hydrogen-bond donors (Lipinski definition) is 2. The van der Waals surface area contributed by atoms with Gasteiger partial charge in [-0.2, -0.15) is 0 Å². The van der Waals surface area contributed by atoms with Gasteiger partial charge >= 0.3 is 62.9 Å². The summed E-state index contributed by atoms with van der Waals surface area (Å²) >= 11 is 4.74. The topological polar surface area (TPSA) is 153 Å². The number of imidazole rings is 1. The number of aromatic nitrogens is 4. The molecule has 3 aromatic rings. The van der Waals surface area contributed by atoms with E-state index in [4.69, 9.17) is 24.5 Å². The van der Waals surface area contributed by atoms with E-state index >= 15 is 0 Å². The van der Waals surface area contributed by atoms with Crippen LogP contribution in [0.5, 0.6) is 5.75 Å². The second-order valence-electron chi connectivity index (χ2n) is 7.53. The van der Waals surface area contributed by atoms with E-state index < -0.39 is 44.2 Å². The number of halogens is 3. The number of esters is 1. The Bertz CT molecular complexity index is 1310. The van der Waals surface area contributed by atoms with Crippen LogP contribution >= 0.6 is 47.5 Å². The number of nitrogen functional groups attached to an aromatic ring is 1. The average molecular weight is 811 g/mol. The number of ether oxygens (including phenoxy) is 3. The number of fused-ring (bicyclic) bond motifs is 1. The molecule has 0 fully saturated rings. The number of hydrogen-bond acceptors (Lipinski definition) is 10. The van der Waals surface area contributed by atoms with Gasteiger partial charge in [-0.15, -0.1) is 0 Å².